The number of ether oxygens (including phenoxy) is 1. The van der Waals surface area contributed by atoms with Crippen LogP contribution in [0.5, 0.6) is 5.75 Å². The van der Waals surface area contributed by atoms with Crippen LogP contribution in [0.3, 0.4) is 0 Å². The average molecular weight is 463 g/mol. The van der Waals surface area contributed by atoms with E-state index in [1.54, 1.807) is 11.4 Å². The summed E-state index contributed by atoms with van der Waals surface area (Å²) in [4.78, 5) is 18.1. The number of para-hydroxylation sites is 1. The molecule has 0 unspecified atom stereocenters. The molecular formula is C26H24F2N4O2. The number of halogens is 2. The third kappa shape index (κ3) is 3.79. The van der Waals surface area contributed by atoms with Crippen LogP contribution in [0.15, 0.2) is 48.7 Å². The molecule has 5 rings (SSSR count). The van der Waals surface area contributed by atoms with E-state index in [4.69, 9.17) is 4.74 Å². The van der Waals surface area contributed by atoms with Crippen molar-refractivity contribution in [3.05, 3.63) is 82.7 Å². The molecule has 2 aromatic heterocycles. The van der Waals surface area contributed by atoms with Crippen LogP contribution in [0.25, 0.3) is 16.9 Å². The molecule has 1 aliphatic heterocycles. The van der Waals surface area contributed by atoms with Crippen molar-refractivity contribution in [3.8, 4) is 17.0 Å². The Balaban J connectivity index is 1.58. The van der Waals surface area contributed by atoms with Gasteiger partial charge in [-0.3, -0.25) is 4.79 Å². The first-order chi connectivity index (χ1) is 16.3. The van der Waals surface area contributed by atoms with E-state index in [9.17, 15) is 13.6 Å². The summed E-state index contributed by atoms with van der Waals surface area (Å²) in [6.07, 6.45) is 2.16. The molecule has 0 saturated heterocycles. The van der Waals surface area contributed by atoms with Gasteiger partial charge in [0, 0.05) is 29.2 Å². The number of nitrogens with one attached hydrogen (secondary N) is 1. The van der Waals surface area contributed by atoms with Gasteiger partial charge in [0.05, 0.1) is 35.8 Å². The van der Waals surface area contributed by atoms with Crippen molar-refractivity contribution in [1.29, 1.82) is 0 Å². The molecular weight excluding hydrogens is 438 g/mol. The van der Waals surface area contributed by atoms with Crippen LogP contribution in [0, 0.1) is 18.6 Å². The molecule has 3 heterocycles. The van der Waals surface area contributed by atoms with Crippen LogP contribution >= 0.6 is 0 Å². The van der Waals surface area contributed by atoms with Gasteiger partial charge >= 0.3 is 0 Å². The minimum absolute atomic E-state index is 0.0490. The molecule has 6 nitrogen and oxygen atoms in total. The average Bonchev–Trinajstić information content (AvgIpc) is 3.13. The molecule has 1 aliphatic rings. The molecule has 0 radical (unpaired) electrons. The number of nitrogens with zero attached hydrogens (tertiary/aromatic N) is 3. The minimum atomic E-state index is -0.679. The van der Waals surface area contributed by atoms with Crippen LogP contribution < -0.4 is 10.1 Å². The number of carbonyl (C=O) groups is 1. The van der Waals surface area contributed by atoms with Crippen LogP contribution in [0.4, 0.5) is 8.78 Å². The largest absolute Gasteiger partial charge is 0.493 e. The second-order valence-corrected chi connectivity index (χ2v) is 8.77. The fourth-order valence-corrected chi connectivity index (χ4v) is 4.61. The predicted octanol–water partition coefficient (Wildman–Crippen LogP) is 5.36. The maximum Gasteiger partial charge on any atom is 0.253 e. The smallest absolute Gasteiger partial charge is 0.253 e. The zero-order valence-corrected chi connectivity index (χ0v) is 19.1. The van der Waals surface area contributed by atoms with Crippen molar-refractivity contribution in [2.24, 2.45) is 0 Å². The molecule has 4 aromatic rings. The van der Waals surface area contributed by atoms with Gasteiger partial charge in [-0.05, 0) is 31.0 Å². The number of carbonyl (C=O) groups excluding carboxylic acids is 1. The molecule has 0 aliphatic carbocycles. The molecule has 1 atom stereocenters. The quantitative estimate of drug-likeness (QED) is 0.443. The Morgan fingerprint density at radius 3 is 2.65 bits per heavy atom. The summed E-state index contributed by atoms with van der Waals surface area (Å²) in [5, 5.41) is 7.59. The third-order valence-corrected chi connectivity index (χ3v) is 6.08. The summed E-state index contributed by atoms with van der Waals surface area (Å²) in [7, 11) is 0. The van der Waals surface area contributed by atoms with Gasteiger partial charge in [0.15, 0.2) is 5.65 Å². The van der Waals surface area contributed by atoms with Crippen molar-refractivity contribution in [3.63, 3.8) is 0 Å². The van der Waals surface area contributed by atoms with Crippen molar-refractivity contribution < 1.29 is 18.3 Å². The number of fused-ring (bicyclic) bond motifs is 2. The summed E-state index contributed by atoms with van der Waals surface area (Å²) in [6, 6.07) is 10.8. The number of aryl methyl sites for hydroxylation is 1. The van der Waals surface area contributed by atoms with E-state index in [0.29, 0.717) is 41.2 Å². The van der Waals surface area contributed by atoms with Gasteiger partial charge < -0.3 is 10.1 Å². The summed E-state index contributed by atoms with van der Waals surface area (Å²) in [6.45, 7) is 6.22. The predicted molar refractivity (Wildman–Crippen MR) is 124 cm³/mol. The molecule has 1 amide bonds. The van der Waals surface area contributed by atoms with Gasteiger partial charge in [0.1, 0.15) is 17.4 Å². The van der Waals surface area contributed by atoms with Gasteiger partial charge in [-0.1, -0.05) is 32.0 Å². The van der Waals surface area contributed by atoms with Crippen molar-refractivity contribution in [2.75, 3.05) is 6.61 Å². The fraction of sp³-hybridized carbons (Fsp3) is 0.269. The van der Waals surface area contributed by atoms with E-state index < -0.39 is 11.6 Å². The Morgan fingerprint density at radius 1 is 1.18 bits per heavy atom. The first-order valence-electron chi connectivity index (χ1n) is 11.2. The number of aromatic nitrogens is 3. The maximum absolute atomic E-state index is 13.9. The number of hydrogen-bond donors (Lipinski definition) is 1. The summed E-state index contributed by atoms with van der Waals surface area (Å²) in [5.41, 5.74) is 3.96. The Labute approximate surface area is 195 Å². The first kappa shape index (κ1) is 22.0. The normalized spacial score (nSPS) is 15.3. The van der Waals surface area contributed by atoms with E-state index in [-0.39, 0.29) is 17.9 Å². The van der Waals surface area contributed by atoms with E-state index >= 15 is 0 Å². The number of benzene rings is 2. The van der Waals surface area contributed by atoms with Crippen LogP contribution in [0.2, 0.25) is 0 Å². The zero-order chi connectivity index (χ0) is 24.0. The lowest BCUT2D eigenvalue weighted by atomic mass is 9.97. The van der Waals surface area contributed by atoms with Gasteiger partial charge in [-0.15, -0.1) is 0 Å². The lowest BCUT2D eigenvalue weighted by Gasteiger charge is -2.27. The molecule has 2 aromatic carbocycles. The molecule has 0 fully saturated rings. The summed E-state index contributed by atoms with van der Waals surface area (Å²) in [5.74, 6) is -0.888. The number of imidazole rings is 1. The fourth-order valence-electron chi connectivity index (χ4n) is 4.61. The Kier molecular flexibility index (Phi) is 5.51. The molecule has 1 N–H and O–H groups in total. The molecule has 0 spiro atoms. The third-order valence-electron chi connectivity index (χ3n) is 6.08. The van der Waals surface area contributed by atoms with Crippen LogP contribution in [-0.2, 0) is 0 Å². The maximum atomic E-state index is 13.9. The van der Waals surface area contributed by atoms with E-state index in [2.05, 4.69) is 15.4 Å². The highest BCUT2D eigenvalue weighted by molar-refractivity contribution is 5.97. The number of rotatable bonds is 4. The molecule has 0 saturated carbocycles. The van der Waals surface area contributed by atoms with Gasteiger partial charge in [-0.25, -0.2) is 18.3 Å². The molecule has 174 valence electrons. The lowest BCUT2D eigenvalue weighted by Crippen LogP contribution is -2.33. The van der Waals surface area contributed by atoms with E-state index in [0.717, 1.165) is 22.9 Å². The number of amides is 1. The van der Waals surface area contributed by atoms with Gasteiger partial charge in [-0.2, -0.15) is 5.10 Å². The van der Waals surface area contributed by atoms with Crippen LogP contribution in [-0.4, -0.2) is 27.1 Å². The topological polar surface area (TPSA) is 68.5 Å². The molecule has 34 heavy (non-hydrogen) atoms. The molecule has 0 bridgehead atoms. The lowest BCUT2D eigenvalue weighted by molar-refractivity contribution is 0.0923. The van der Waals surface area contributed by atoms with E-state index in [1.807, 2.05) is 38.1 Å². The Morgan fingerprint density at radius 2 is 1.91 bits per heavy atom. The summed E-state index contributed by atoms with van der Waals surface area (Å²) < 4.78 is 35.1. The SMILES string of the molecule is Cc1nc2c(C(C)C)c(C(=O)N[C@H]3CCOc4ccccc43)cnn2c1-c1cc(F)cc(F)c1. The van der Waals surface area contributed by atoms with Crippen molar-refractivity contribution in [1.82, 2.24) is 19.9 Å². The first-order valence-corrected chi connectivity index (χ1v) is 11.2. The van der Waals surface area contributed by atoms with Gasteiger partial charge in [0.2, 0.25) is 0 Å². The Hall–Kier alpha value is -3.81. The zero-order valence-electron chi connectivity index (χ0n) is 19.1. The minimum Gasteiger partial charge on any atom is -0.493 e. The van der Waals surface area contributed by atoms with Crippen LogP contribution in [0.1, 0.15) is 59.4 Å². The van der Waals surface area contributed by atoms with Crippen molar-refractivity contribution in [2.45, 2.75) is 39.2 Å². The number of hydrogen-bond acceptors (Lipinski definition) is 4. The highest BCUT2D eigenvalue weighted by Gasteiger charge is 2.27. The monoisotopic (exact) mass is 462 g/mol. The van der Waals surface area contributed by atoms with E-state index in [1.165, 1.54) is 18.3 Å². The van der Waals surface area contributed by atoms with Gasteiger partial charge in [0.25, 0.3) is 5.91 Å². The second-order valence-electron chi connectivity index (χ2n) is 8.77. The summed E-state index contributed by atoms with van der Waals surface area (Å²) >= 11 is 0. The Bertz CT molecular complexity index is 1390. The molecule has 8 heteroatoms. The highest BCUT2D eigenvalue weighted by atomic mass is 19.1. The standard InChI is InChI=1S/C26H24F2N4O2/c1-14(2)23-20(26(33)31-21-8-9-34-22-7-5-4-6-19(21)22)13-29-32-24(15(3)30-25(23)32)16-10-17(27)12-18(28)11-16/h4-7,10-14,21H,8-9H2,1-3H3,(H,31,33)/t21-/m0/s1. The van der Waals surface area contributed by atoms with Crippen molar-refractivity contribution >= 4 is 11.6 Å². The highest BCUT2D eigenvalue weighted by Crippen LogP contribution is 2.33. The second kappa shape index (κ2) is 8.52.